The van der Waals surface area contributed by atoms with Gasteiger partial charge in [-0.15, -0.1) is 0 Å². The minimum Gasteiger partial charge on any atom is -0.340 e. The molecule has 1 unspecified atom stereocenters. The van der Waals surface area contributed by atoms with Crippen molar-refractivity contribution >= 4 is 11.8 Å². The normalized spacial score (nSPS) is 12.6. The first kappa shape index (κ1) is 11.2. The standard InChI is InChI=1S/C12H15N3S/c1-9-2-4-10(5-3-9)11(8-13)16-12-14-6-7-15-12/h2-7,11H,8,13H2,1H3,(H,14,15). The van der Waals surface area contributed by atoms with Crippen molar-refractivity contribution in [3.8, 4) is 0 Å². The van der Waals surface area contributed by atoms with Crippen LogP contribution in [0.2, 0.25) is 0 Å². The first-order valence-corrected chi connectivity index (χ1v) is 6.10. The molecule has 0 bridgehead atoms. The van der Waals surface area contributed by atoms with Gasteiger partial charge in [-0.3, -0.25) is 0 Å². The molecule has 0 radical (unpaired) electrons. The summed E-state index contributed by atoms with van der Waals surface area (Å²) in [6.45, 7) is 2.69. The monoisotopic (exact) mass is 233 g/mol. The maximum Gasteiger partial charge on any atom is 0.165 e. The lowest BCUT2D eigenvalue weighted by Gasteiger charge is -2.13. The Balaban J connectivity index is 2.13. The van der Waals surface area contributed by atoms with Gasteiger partial charge in [-0.1, -0.05) is 41.6 Å². The lowest BCUT2D eigenvalue weighted by atomic mass is 10.1. The molecule has 1 aromatic heterocycles. The van der Waals surface area contributed by atoms with Crippen LogP contribution in [-0.2, 0) is 0 Å². The highest BCUT2D eigenvalue weighted by molar-refractivity contribution is 7.99. The van der Waals surface area contributed by atoms with Crippen molar-refractivity contribution in [3.05, 3.63) is 47.8 Å². The molecule has 0 aliphatic carbocycles. The minimum atomic E-state index is 0.256. The summed E-state index contributed by atoms with van der Waals surface area (Å²) in [5.41, 5.74) is 8.31. The van der Waals surface area contributed by atoms with Gasteiger partial charge in [0.25, 0.3) is 0 Å². The number of nitrogens with two attached hydrogens (primary N) is 1. The first-order valence-electron chi connectivity index (χ1n) is 5.22. The van der Waals surface area contributed by atoms with E-state index in [4.69, 9.17) is 5.73 Å². The van der Waals surface area contributed by atoms with E-state index in [1.165, 1.54) is 11.1 Å². The fraction of sp³-hybridized carbons (Fsp3) is 0.250. The Morgan fingerprint density at radius 3 is 2.69 bits per heavy atom. The average Bonchev–Trinajstić information content (AvgIpc) is 2.80. The van der Waals surface area contributed by atoms with Crippen molar-refractivity contribution in [2.24, 2.45) is 5.73 Å². The van der Waals surface area contributed by atoms with Gasteiger partial charge < -0.3 is 10.7 Å². The summed E-state index contributed by atoms with van der Waals surface area (Å²) in [5, 5.41) is 1.17. The van der Waals surface area contributed by atoms with E-state index in [9.17, 15) is 0 Å². The molecule has 84 valence electrons. The predicted octanol–water partition coefficient (Wildman–Crippen LogP) is 2.51. The fourth-order valence-electron chi connectivity index (χ4n) is 1.48. The number of benzene rings is 1. The number of hydrogen-bond donors (Lipinski definition) is 2. The number of nitrogens with zero attached hydrogens (tertiary/aromatic N) is 1. The van der Waals surface area contributed by atoms with Gasteiger partial charge in [0.1, 0.15) is 0 Å². The highest BCUT2D eigenvalue weighted by Gasteiger charge is 2.12. The number of imidazole rings is 1. The molecule has 2 aromatic rings. The molecule has 0 aliphatic rings. The molecule has 3 N–H and O–H groups in total. The van der Waals surface area contributed by atoms with Crippen LogP contribution >= 0.6 is 11.8 Å². The highest BCUT2D eigenvalue weighted by atomic mass is 32.2. The van der Waals surface area contributed by atoms with Crippen LogP contribution in [-0.4, -0.2) is 16.5 Å². The average molecular weight is 233 g/mol. The van der Waals surface area contributed by atoms with Crippen LogP contribution in [0.3, 0.4) is 0 Å². The Hall–Kier alpha value is -1.26. The SMILES string of the molecule is Cc1ccc(C(CN)Sc2ncc[nH]2)cc1. The number of aromatic amines is 1. The van der Waals surface area contributed by atoms with Crippen molar-refractivity contribution in [1.82, 2.24) is 9.97 Å². The molecule has 2 rings (SSSR count). The lowest BCUT2D eigenvalue weighted by Crippen LogP contribution is -2.09. The zero-order valence-corrected chi connectivity index (χ0v) is 10.00. The summed E-state index contributed by atoms with van der Waals surface area (Å²) in [5.74, 6) is 0. The van der Waals surface area contributed by atoms with E-state index in [-0.39, 0.29) is 5.25 Å². The van der Waals surface area contributed by atoms with Crippen LogP contribution in [0.25, 0.3) is 0 Å². The second-order valence-corrected chi connectivity index (χ2v) is 4.84. The van der Waals surface area contributed by atoms with Crippen LogP contribution in [0, 0.1) is 6.92 Å². The Labute approximate surface area is 99.5 Å². The van der Waals surface area contributed by atoms with E-state index in [1.54, 1.807) is 18.0 Å². The highest BCUT2D eigenvalue weighted by Crippen LogP contribution is 2.32. The number of H-pyrrole nitrogens is 1. The molecule has 1 atom stereocenters. The maximum atomic E-state index is 5.80. The number of hydrogen-bond acceptors (Lipinski definition) is 3. The van der Waals surface area contributed by atoms with Crippen molar-refractivity contribution in [2.75, 3.05) is 6.54 Å². The Kier molecular flexibility index (Phi) is 3.64. The third-order valence-corrected chi connectivity index (χ3v) is 3.59. The van der Waals surface area contributed by atoms with Crippen LogP contribution < -0.4 is 5.73 Å². The zero-order chi connectivity index (χ0) is 11.4. The van der Waals surface area contributed by atoms with Crippen molar-refractivity contribution in [2.45, 2.75) is 17.3 Å². The fourth-order valence-corrected chi connectivity index (χ4v) is 2.40. The van der Waals surface area contributed by atoms with Crippen molar-refractivity contribution < 1.29 is 0 Å². The van der Waals surface area contributed by atoms with Gasteiger partial charge in [-0.05, 0) is 12.5 Å². The Bertz CT molecular complexity index is 422. The van der Waals surface area contributed by atoms with Gasteiger partial charge in [-0.2, -0.15) is 0 Å². The van der Waals surface area contributed by atoms with Crippen molar-refractivity contribution in [1.29, 1.82) is 0 Å². The molecule has 0 aliphatic heterocycles. The topological polar surface area (TPSA) is 54.7 Å². The van der Waals surface area contributed by atoms with E-state index in [2.05, 4.69) is 41.2 Å². The largest absolute Gasteiger partial charge is 0.340 e. The summed E-state index contributed by atoms with van der Waals surface area (Å²) in [7, 11) is 0. The molecule has 4 heteroatoms. The molecule has 0 fully saturated rings. The molecule has 1 heterocycles. The van der Waals surface area contributed by atoms with Gasteiger partial charge in [0.05, 0.1) is 0 Å². The summed E-state index contributed by atoms with van der Waals surface area (Å²) >= 11 is 1.66. The van der Waals surface area contributed by atoms with E-state index < -0.39 is 0 Å². The van der Waals surface area contributed by atoms with Gasteiger partial charge in [0.15, 0.2) is 5.16 Å². The van der Waals surface area contributed by atoms with E-state index in [0.29, 0.717) is 6.54 Å². The molecule has 0 amide bonds. The zero-order valence-electron chi connectivity index (χ0n) is 9.18. The molecular weight excluding hydrogens is 218 g/mol. The number of aryl methyl sites for hydroxylation is 1. The minimum absolute atomic E-state index is 0.256. The predicted molar refractivity (Wildman–Crippen MR) is 67.4 cm³/mol. The second-order valence-electron chi connectivity index (χ2n) is 3.65. The third kappa shape index (κ3) is 2.65. The third-order valence-electron chi connectivity index (χ3n) is 2.39. The number of thioether (sulfide) groups is 1. The summed E-state index contributed by atoms with van der Waals surface area (Å²) in [4.78, 5) is 7.28. The number of aromatic nitrogens is 2. The Morgan fingerprint density at radius 1 is 1.38 bits per heavy atom. The van der Waals surface area contributed by atoms with Crippen LogP contribution in [0.5, 0.6) is 0 Å². The second kappa shape index (κ2) is 5.18. The van der Waals surface area contributed by atoms with Crippen molar-refractivity contribution in [3.63, 3.8) is 0 Å². The van der Waals surface area contributed by atoms with Crippen LogP contribution in [0.1, 0.15) is 16.4 Å². The summed E-state index contributed by atoms with van der Waals surface area (Å²) in [6, 6.07) is 8.48. The van der Waals surface area contributed by atoms with Gasteiger partial charge in [0, 0.05) is 24.2 Å². The van der Waals surface area contributed by atoms with Crippen LogP contribution in [0.15, 0.2) is 41.8 Å². The van der Waals surface area contributed by atoms with Gasteiger partial charge >= 0.3 is 0 Å². The van der Waals surface area contributed by atoms with Gasteiger partial charge in [0.2, 0.25) is 0 Å². The molecule has 16 heavy (non-hydrogen) atoms. The summed E-state index contributed by atoms with van der Waals surface area (Å²) in [6.07, 6.45) is 3.58. The lowest BCUT2D eigenvalue weighted by molar-refractivity contribution is 0.926. The molecule has 0 saturated carbocycles. The van der Waals surface area contributed by atoms with E-state index in [0.717, 1.165) is 5.16 Å². The molecule has 0 saturated heterocycles. The Morgan fingerprint density at radius 2 is 2.12 bits per heavy atom. The molecular formula is C12H15N3S. The smallest absolute Gasteiger partial charge is 0.165 e. The molecule has 3 nitrogen and oxygen atoms in total. The number of nitrogens with one attached hydrogen (secondary N) is 1. The van der Waals surface area contributed by atoms with Crippen LogP contribution in [0.4, 0.5) is 0 Å². The molecule has 0 spiro atoms. The quantitative estimate of drug-likeness (QED) is 0.798. The number of rotatable bonds is 4. The van der Waals surface area contributed by atoms with E-state index in [1.807, 2.05) is 6.20 Å². The maximum absolute atomic E-state index is 5.80. The van der Waals surface area contributed by atoms with Gasteiger partial charge in [-0.25, -0.2) is 4.98 Å². The van der Waals surface area contributed by atoms with E-state index >= 15 is 0 Å². The molecule has 1 aromatic carbocycles. The first-order chi connectivity index (χ1) is 7.79. The summed E-state index contributed by atoms with van der Waals surface area (Å²) < 4.78 is 0.